The summed E-state index contributed by atoms with van der Waals surface area (Å²) in [4.78, 5) is 3.48. The predicted octanol–water partition coefficient (Wildman–Crippen LogP) is 0.188. The number of aryl methyl sites for hydroxylation is 1. The Labute approximate surface area is 73.3 Å². The summed E-state index contributed by atoms with van der Waals surface area (Å²) in [6, 6.07) is 6.47. The number of hydrogen-bond donors (Lipinski definition) is 0. The second-order valence-electron chi connectivity index (χ2n) is 2.87. The van der Waals surface area contributed by atoms with E-state index in [0.29, 0.717) is 0 Å². The van der Waals surface area contributed by atoms with Gasteiger partial charge in [-0.15, -0.1) is 0 Å². The Balaban J connectivity index is 3.00. The zero-order valence-electron chi connectivity index (χ0n) is 6.73. The van der Waals surface area contributed by atoms with Gasteiger partial charge in [-0.1, -0.05) is 0 Å². The molecular formula is C10H10As. The van der Waals surface area contributed by atoms with Crippen LogP contribution in [0.2, 0.25) is 0 Å². The van der Waals surface area contributed by atoms with Crippen LogP contribution >= 0.6 is 0 Å². The van der Waals surface area contributed by atoms with E-state index >= 15 is 0 Å². The molecule has 0 saturated carbocycles. The molecular weight excluding hydrogens is 195 g/mol. The van der Waals surface area contributed by atoms with Crippen LogP contribution in [0, 0.1) is 6.92 Å². The van der Waals surface area contributed by atoms with Crippen molar-refractivity contribution < 1.29 is 0 Å². The number of fused-ring (bicyclic) bond motifs is 1. The molecule has 0 N–H and O–H groups in total. The molecule has 1 aliphatic rings. The summed E-state index contributed by atoms with van der Waals surface area (Å²) in [6.07, 6.45) is 0. The maximum atomic E-state index is 3.48. The van der Waals surface area contributed by atoms with Gasteiger partial charge in [-0.25, -0.2) is 0 Å². The van der Waals surface area contributed by atoms with Gasteiger partial charge in [0, 0.05) is 0 Å². The third-order valence-corrected chi connectivity index (χ3v) is 4.17. The Morgan fingerprint density at radius 3 is 2.82 bits per heavy atom. The molecule has 1 unspecified atom stereocenters. The van der Waals surface area contributed by atoms with E-state index in [2.05, 4.69) is 36.9 Å². The minimum atomic E-state index is -0.0251. The van der Waals surface area contributed by atoms with Gasteiger partial charge in [-0.2, -0.15) is 0 Å². The van der Waals surface area contributed by atoms with Crippen LogP contribution in [-0.2, 0) is 0 Å². The first-order valence-corrected chi connectivity index (χ1v) is 5.84. The molecule has 11 heavy (non-hydrogen) atoms. The monoisotopic (exact) mass is 205 g/mol. The molecule has 0 aromatic heterocycles. The molecule has 0 aliphatic carbocycles. The number of hydrogen-bond acceptors (Lipinski definition) is 0. The van der Waals surface area contributed by atoms with Crippen LogP contribution < -0.4 is 10.4 Å². The molecule has 1 aliphatic heterocycles. The summed E-state index contributed by atoms with van der Waals surface area (Å²) in [7, 11) is 0. The number of benzene rings is 1. The summed E-state index contributed by atoms with van der Waals surface area (Å²) in [5.74, 6) is 0. The Morgan fingerprint density at radius 2 is 2.09 bits per heavy atom. The molecule has 0 spiro atoms. The van der Waals surface area contributed by atoms with Crippen molar-refractivity contribution in [2.45, 2.75) is 13.8 Å². The van der Waals surface area contributed by atoms with E-state index in [1.54, 1.807) is 4.36 Å². The zero-order valence-corrected chi connectivity index (χ0v) is 8.83. The fourth-order valence-corrected chi connectivity index (χ4v) is 3.56. The normalized spacial score (nSPS) is 16.7. The summed E-state index contributed by atoms with van der Waals surface area (Å²) in [5.41, 5.74) is 1.41. The molecule has 1 aromatic rings. The molecule has 55 valence electrons. The van der Waals surface area contributed by atoms with E-state index in [-0.39, 0.29) is 15.8 Å². The fourth-order valence-electron chi connectivity index (χ4n) is 1.49. The van der Waals surface area contributed by atoms with Gasteiger partial charge in [0.1, 0.15) is 0 Å². The summed E-state index contributed by atoms with van der Waals surface area (Å²) >= 11 is -0.0251. The van der Waals surface area contributed by atoms with Crippen LogP contribution in [0.4, 0.5) is 0 Å². The molecule has 0 nitrogen and oxygen atoms in total. The first kappa shape index (κ1) is 7.18. The van der Waals surface area contributed by atoms with Gasteiger partial charge in [0.05, 0.1) is 0 Å². The molecule has 0 fully saturated rings. The van der Waals surface area contributed by atoms with Crippen LogP contribution in [-0.4, -0.2) is 15.8 Å². The second kappa shape index (κ2) is 2.53. The zero-order chi connectivity index (χ0) is 7.84. The molecule has 1 atom stereocenters. The van der Waals surface area contributed by atoms with Gasteiger partial charge in [-0.3, -0.25) is 0 Å². The van der Waals surface area contributed by atoms with Crippen LogP contribution in [0.25, 0.3) is 9.22 Å². The Bertz CT molecular complexity index is 401. The van der Waals surface area contributed by atoms with Crippen LogP contribution in [0.5, 0.6) is 0 Å². The quantitative estimate of drug-likeness (QED) is 0.530. The van der Waals surface area contributed by atoms with Gasteiger partial charge < -0.3 is 0 Å². The molecule has 1 aromatic carbocycles. The van der Waals surface area contributed by atoms with Crippen molar-refractivity contribution in [3.8, 4) is 0 Å². The molecule has 0 bridgehead atoms. The first-order valence-electron chi connectivity index (χ1n) is 3.74. The average molecular weight is 205 g/mol. The fraction of sp³-hybridized carbons (Fsp3) is 0.200. The molecule has 0 saturated heterocycles. The van der Waals surface area contributed by atoms with Crippen molar-refractivity contribution >= 4 is 25.0 Å². The van der Waals surface area contributed by atoms with E-state index in [0.717, 1.165) is 0 Å². The SMILES string of the molecule is CC1=c2c(C)cccc2=[C][AsH]1. The average Bonchev–Trinajstić information content (AvgIpc) is 2.34. The van der Waals surface area contributed by atoms with Gasteiger partial charge in [0.2, 0.25) is 0 Å². The van der Waals surface area contributed by atoms with Crippen LogP contribution in [0.3, 0.4) is 0 Å². The summed E-state index contributed by atoms with van der Waals surface area (Å²) < 4.78 is 1.58. The molecule has 1 heteroatoms. The minimum absolute atomic E-state index is 0.0251. The van der Waals surface area contributed by atoms with E-state index in [9.17, 15) is 0 Å². The Kier molecular flexibility index (Phi) is 1.65. The second-order valence-corrected chi connectivity index (χ2v) is 5.50. The molecule has 1 radical (unpaired) electrons. The van der Waals surface area contributed by atoms with Crippen molar-refractivity contribution in [2.75, 3.05) is 0 Å². The first-order chi connectivity index (χ1) is 5.29. The maximum absolute atomic E-state index is 3.48. The Hall–Kier alpha value is -0.482. The third kappa shape index (κ3) is 1.06. The molecule has 2 rings (SSSR count). The third-order valence-electron chi connectivity index (χ3n) is 2.03. The van der Waals surface area contributed by atoms with Crippen molar-refractivity contribution in [2.24, 2.45) is 0 Å². The van der Waals surface area contributed by atoms with Gasteiger partial charge in [0.25, 0.3) is 0 Å². The molecule has 1 heterocycles. The van der Waals surface area contributed by atoms with E-state index in [1.807, 2.05) is 0 Å². The van der Waals surface area contributed by atoms with E-state index < -0.39 is 0 Å². The van der Waals surface area contributed by atoms with Crippen molar-refractivity contribution in [3.05, 3.63) is 34.2 Å². The molecule has 0 amide bonds. The van der Waals surface area contributed by atoms with E-state index in [4.69, 9.17) is 0 Å². The van der Waals surface area contributed by atoms with Gasteiger partial charge in [-0.05, 0) is 0 Å². The van der Waals surface area contributed by atoms with Crippen LogP contribution in [0.15, 0.2) is 18.2 Å². The number of rotatable bonds is 0. The van der Waals surface area contributed by atoms with E-state index in [1.165, 1.54) is 16.0 Å². The Morgan fingerprint density at radius 1 is 1.27 bits per heavy atom. The standard InChI is InChI=1S/C10H10As/c1-7-4-3-5-9-6-11-8(2)10(7)9/h3-5,11H,1-2H3. The predicted molar refractivity (Wildman–Crippen MR) is 50.1 cm³/mol. The summed E-state index contributed by atoms with van der Waals surface area (Å²) in [6.45, 7) is 4.42. The summed E-state index contributed by atoms with van der Waals surface area (Å²) in [5, 5.41) is 2.83. The van der Waals surface area contributed by atoms with Crippen LogP contribution in [0.1, 0.15) is 12.5 Å². The van der Waals surface area contributed by atoms with Gasteiger partial charge in [0.15, 0.2) is 0 Å². The van der Waals surface area contributed by atoms with Crippen molar-refractivity contribution in [1.29, 1.82) is 0 Å². The van der Waals surface area contributed by atoms with Crippen molar-refractivity contribution in [1.82, 2.24) is 0 Å². The van der Waals surface area contributed by atoms with Crippen molar-refractivity contribution in [3.63, 3.8) is 0 Å². The van der Waals surface area contributed by atoms with Gasteiger partial charge >= 0.3 is 73.0 Å². The topological polar surface area (TPSA) is 0 Å².